The van der Waals surface area contributed by atoms with Gasteiger partial charge in [0.05, 0.1) is 0 Å². The predicted octanol–water partition coefficient (Wildman–Crippen LogP) is 8.60. The van der Waals surface area contributed by atoms with Crippen molar-refractivity contribution in [1.82, 2.24) is 0 Å². The van der Waals surface area contributed by atoms with E-state index in [2.05, 4.69) is 56.2 Å². The van der Waals surface area contributed by atoms with E-state index >= 15 is 0 Å². The van der Waals surface area contributed by atoms with Gasteiger partial charge >= 0.3 is 0 Å². The first-order chi connectivity index (χ1) is 17.9. The number of hydrogen-bond donors (Lipinski definition) is 0. The quantitative estimate of drug-likeness (QED) is 0.177. The van der Waals surface area contributed by atoms with Gasteiger partial charge in [-0.1, -0.05) is 60.4 Å². The zero-order valence-corrected chi connectivity index (χ0v) is 21.9. The fourth-order valence-electron chi connectivity index (χ4n) is 4.75. The number of allylic oxidation sites excluding steroid dienone is 2. The zero-order valence-electron chi connectivity index (χ0n) is 21.9. The standard InChI is InChI=1S/C34H35FO2/c1-24(2)30-14-11-28(12-15-30)21-27-8-5-26(6-9-27)7-10-29-13-20-34(33(35)22-29)37-23-36-32-18-16-31(17-19-32)25(3)4/h5-6,8-9,13,16-20,22,28,30H,1,3,11-12,14-15,21,23H2,2,4H3. The van der Waals surface area contributed by atoms with E-state index in [0.717, 1.165) is 29.0 Å². The zero-order chi connectivity index (χ0) is 26.2. The maximum Gasteiger partial charge on any atom is 0.231 e. The highest BCUT2D eigenvalue weighted by atomic mass is 19.1. The minimum absolute atomic E-state index is 0.0873. The van der Waals surface area contributed by atoms with Crippen LogP contribution in [-0.4, -0.2) is 6.79 Å². The third kappa shape index (κ3) is 7.61. The molecule has 1 aliphatic rings. The highest BCUT2D eigenvalue weighted by Crippen LogP contribution is 2.34. The van der Waals surface area contributed by atoms with Crippen LogP contribution >= 0.6 is 0 Å². The third-order valence-electron chi connectivity index (χ3n) is 7.09. The van der Waals surface area contributed by atoms with Crippen LogP contribution in [-0.2, 0) is 6.42 Å². The Bertz CT molecular complexity index is 1280. The lowest BCUT2D eigenvalue weighted by Crippen LogP contribution is -2.16. The number of ether oxygens (including phenoxy) is 2. The molecular formula is C34H35FO2. The molecule has 0 bridgehead atoms. The van der Waals surface area contributed by atoms with Crippen molar-refractivity contribution in [3.8, 4) is 23.3 Å². The van der Waals surface area contributed by atoms with E-state index in [1.807, 2.05) is 31.2 Å². The number of hydrogen-bond acceptors (Lipinski definition) is 2. The average molecular weight is 495 g/mol. The predicted molar refractivity (Wildman–Crippen MR) is 150 cm³/mol. The summed E-state index contributed by atoms with van der Waals surface area (Å²) in [5.74, 6) is 7.95. The SMILES string of the molecule is C=C(C)c1ccc(OCOc2ccc(C#Cc3ccc(CC4CCC(C(=C)C)CC4)cc3)cc2F)cc1. The van der Waals surface area contributed by atoms with Gasteiger partial charge in [0.1, 0.15) is 5.75 Å². The van der Waals surface area contributed by atoms with Gasteiger partial charge in [0.25, 0.3) is 0 Å². The molecule has 0 heterocycles. The molecule has 1 fully saturated rings. The average Bonchev–Trinajstić information content (AvgIpc) is 2.90. The van der Waals surface area contributed by atoms with E-state index < -0.39 is 5.82 Å². The highest BCUT2D eigenvalue weighted by Gasteiger charge is 2.21. The lowest BCUT2D eigenvalue weighted by atomic mass is 9.77. The summed E-state index contributed by atoms with van der Waals surface area (Å²) < 4.78 is 25.5. The fourth-order valence-corrected chi connectivity index (χ4v) is 4.75. The number of halogens is 1. The summed E-state index contributed by atoms with van der Waals surface area (Å²) in [6.45, 7) is 12.1. The van der Waals surface area contributed by atoms with Crippen LogP contribution in [0.4, 0.5) is 4.39 Å². The van der Waals surface area contributed by atoms with Gasteiger partial charge in [-0.3, -0.25) is 0 Å². The van der Waals surface area contributed by atoms with Crippen molar-refractivity contribution in [2.45, 2.75) is 46.0 Å². The Morgan fingerprint density at radius 1 is 0.838 bits per heavy atom. The monoisotopic (exact) mass is 494 g/mol. The molecule has 0 N–H and O–H groups in total. The number of benzene rings is 3. The molecular weight excluding hydrogens is 459 g/mol. The van der Waals surface area contributed by atoms with Crippen molar-refractivity contribution >= 4 is 5.57 Å². The molecule has 0 amide bonds. The second-order valence-electron chi connectivity index (χ2n) is 10.1. The van der Waals surface area contributed by atoms with Crippen LogP contribution in [0.15, 0.2) is 85.5 Å². The van der Waals surface area contributed by atoms with Crippen molar-refractivity contribution in [3.05, 3.63) is 114 Å². The minimum atomic E-state index is -0.468. The molecule has 190 valence electrons. The molecule has 3 heteroatoms. The van der Waals surface area contributed by atoms with E-state index in [1.165, 1.54) is 42.9 Å². The van der Waals surface area contributed by atoms with Crippen molar-refractivity contribution < 1.29 is 13.9 Å². The number of rotatable bonds is 8. The minimum Gasteiger partial charge on any atom is -0.457 e. The molecule has 0 aliphatic heterocycles. The summed E-state index contributed by atoms with van der Waals surface area (Å²) in [4.78, 5) is 0. The van der Waals surface area contributed by atoms with E-state index in [9.17, 15) is 4.39 Å². The molecule has 3 aromatic rings. The maximum atomic E-state index is 14.5. The summed E-state index contributed by atoms with van der Waals surface area (Å²) in [6, 6.07) is 20.7. The Kier molecular flexibility index (Phi) is 8.86. The maximum absolute atomic E-state index is 14.5. The summed E-state index contributed by atoms with van der Waals surface area (Å²) in [7, 11) is 0. The van der Waals surface area contributed by atoms with E-state index in [1.54, 1.807) is 12.1 Å². The molecule has 0 spiro atoms. The third-order valence-corrected chi connectivity index (χ3v) is 7.09. The van der Waals surface area contributed by atoms with Crippen molar-refractivity contribution in [2.75, 3.05) is 6.79 Å². The molecule has 0 radical (unpaired) electrons. The molecule has 1 saturated carbocycles. The van der Waals surface area contributed by atoms with E-state index in [0.29, 0.717) is 17.2 Å². The van der Waals surface area contributed by atoms with Gasteiger partial charge in [-0.05, 0) is 111 Å². The Morgan fingerprint density at radius 3 is 2.11 bits per heavy atom. The molecule has 1 aliphatic carbocycles. The second-order valence-corrected chi connectivity index (χ2v) is 10.1. The van der Waals surface area contributed by atoms with Crippen LogP contribution in [0.25, 0.3) is 5.57 Å². The van der Waals surface area contributed by atoms with Gasteiger partial charge in [0, 0.05) is 11.1 Å². The summed E-state index contributed by atoms with van der Waals surface area (Å²) in [5.41, 5.74) is 6.23. The van der Waals surface area contributed by atoms with E-state index in [4.69, 9.17) is 9.47 Å². The van der Waals surface area contributed by atoms with Crippen molar-refractivity contribution in [1.29, 1.82) is 0 Å². The largest absolute Gasteiger partial charge is 0.457 e. The Hall–Kier alpha value is -3.77. The van der Waals surface area contributed by atoms with Crippen LogP contribution in [0.5, 0.6) is 11.5 Å². The van der Waals surface area contributed by atoms with Crippen LogP contribution in [0.1, 0.15) is 61.8 Å². The van der Waals surface area contributed by atoms with Crippen LogP contribution < -0.4 is 9.47 Å². The molecule has 0 saturated heterocycles. The molecule has 37 heavy (non-hydrogen) atoms. The summed E-state index contributed by atoms with van der Waals surface area (Å²) in [6.07, 6.45) is 6.20. The first-order valence-electron chi connectivity index (χ1n) is 12.9. The lowest BCUT2D eigenvalue weighted by molar-refractivity contribution is 0.115. The molecule has 0 unspecified atom stereocenters. The van der Waals surface area contributed by atoms with Gasteiger partial charge in [0.15, 0.2) is 11.6 Å². The fraction of sp³-hybridized carbons (Fsp3) is 0.294. The molecule has 0 atom stereocenters. The van der Waals surface area contributed by atoms with E-state index in [-0.39, 0.29) is 12.5 Å². The van der Waals surface area contributed by atoms with Crippen LogP contribution in [0, 0.1) is 29.5 Å². The smallest absolute Gasteiger partial charge is 0.231 e. The lowest BCUT2D eigenvalue weighted by Gasteiger charge is -2.28. The molecule has 2 nitrogen and oxygen atoms in total. The van der Waals surface area contributed by atoms with Gasteiger partial charge < -0.3 is 9.47 Å². The normalized spacial score (nSPS) is 16.8. The Morgan fingerprint density at radius 2 is 1.49 bits per heavy atom. The molecule has 4 rings (SSSR count). The van der Waals surface area contributed by atoms with Crippen LogP contribution in [0.2, 0.25) is 0 Å². The van der Waals surface area contributed by atoms with Gasteiger partial charge in [-0.25, -0.2) is 4.39 Å². The highest BCUT2D eigenvalue weighted by molar-refractivity contribution is 5.61. The van der Waals surface area contributed by atoms with Gasteiger partial charge in [0.2, 0.25) is 6.79 Å². The molecule has 0 aromatic heterocycles. The van der Waals surface area contributed by atoms with Gasteiger partial charge in [-0.15, -0.1) is 0 Å². The van der Waals surface area contributed by atoms with Gasteiger partial charge in [-0.2, -0.15) is 0 Å². The summed E-state index contributed by atoms with van der Waals surface area (Å²) >= 11 is 0. The van der Waals surface area contributed by atoms with Crippen molar-refractivity contribution in [2.24, 2.45) is 11.8 Å². The first kappa shape index (κ1) is 26.3. The summed E-state index contributed by atoms with van der Waals surface area (Å²) in [5, 5.41) is 0. The second kappa shape index (κ2) is 12.5. The Labute approximate surface area is 220 Å². The topological polar surface area (TPSA) is 18.5 Å². The Balaban J connectivity index is 1.27. The van der Waals surface area contributed by atoms with Crippen molar-refractivity contribution in [3.63, 3.8) is 0 Å². The van der Waals surface area contributed by atoms with Crippen LogP contribution in [0.3, 0.4) is 0 Å². The molecule has 3 aromatic carbocycles. The first-order valence-corrected chi connectivity index (χ1v) is 12.9.